The van der Waals surface area contributed by atoms with Gasteiger partial charge in [-0.25, -0.2) is 4.98 Å². The third-order valence-electron chi connectivity index (χ3n) is 3.64. The van der Waals surface area contributed by atoms with Crippen LogP contribution in [0.4, 0.5) is 5.82 Å². The first-order valence-corrected chi connectivity index (χ1v) is 6.81. The number of anilines is 1. The van der Waals surface area contributed by atoms with E-state index in [-0.39, 0.29) is 0 Å². The van der Waals surface area contributed by atoms with Crippen LogP contribution in [-0.4, -0.2) is 35.8 Å². The molecule has 2 fully saturated rings. The molecule has 0 amide bonds. The third-order valence-corrected chi connectivity index (χ3v) is 3.64. The molecule has 5 nitrogen and oxygen atoms in total. The fraction of sp³-hybridized carbons (Fsp3) is 0.692. The quantitative estimate of drug-likeness (QED) is 0.848. The molecule has 0 saturated carbocycles. The van der Waals surface area contributed by atoms with Gasteiger partial charge >= 0.3 is 0 Å². The van der Waals surface area contributed by atoms with Gasteiger partial charge in [0.1, 0.15) is 5.82 Å². The lowest BCUT2D eigenvalue weighted by atomic mass is 10.1. The minimum absolute atomic E-state index is 0.383. The van der Waals surface area contributed by atoms with E-state index < -0.39 is 0 Å². The van der Waals surface area contributed by atoms with E-state index in [9.17, 15) is 0 Å². The predicted octanol–water partition coefficient (Wildman–Crippen LogP) is 1.49. The monoisotopic (exact) mass is 248 g/mol. The summed E-state index contributed by atoms with van der Waals surface area (Å²) < 4.78 is 5.36. The first-order chi connectivity index (χ1) is 8.92. The molecule has 2 saturated heterocycles. The lowest BCUT2D eigenvalue weighted by molar-refractivity contribution is 0.0904. The van der Waals surface area contributed by atoms with E-state index in [1.807, 2.05) is 12.4 Å². The Labute approximate surface area is 107 Å². The standard InChI is InChI=1S/C13H20N4O/c1-2-11(15-5-1)12-8-14-9-13(17-12)16-10-3-6-18-7-4-10/h8-11,15H,1-7H2,(H,16,17)/t11-/m0/s1. The highest BCUT2D eigenvalue weighted by atomic mass is 16.5. The number of nitrogens with zero attached hydrogens (tertiary/aromatic N) is 2. The molecule has 0 radical (unpaired) electrons. The summed E-state index contributed by atoms with van der Waals surface area (Å²) in [5.74, 6) is 0.896. The van der Waals surface area contributed by atoms with Gasteiger partial charge in [-0.05, 0) is 32.2 Å². The SMILES string of the molecule is c1ncc([C@@H]2CCCN2)nc1NC1CCOCC1. The zero-order valence-electron chi connectivity index (χ0n) is 10.6. The summed E-state index contributed by atoms with van der Waals surface area (Å²) in [6.07, 6.45) is 8.17. The van der Waals surface area contributed by atoms with Crippen molar-refractivity contribution in [2.24, 2.45) is 0 Å². The Morgan fingerprint density at radius 3 is 2.89 bits per heavy atom. The van der Waals surface area contributed by atoms with Gasteiger partial charge in [0.05, 0.1) is 24.1 Å². The van der Waals surface area contributed by atoms with Crippen molar-refractivity contribution in [1.29, 1.82) is 0 Å². The summed E-state index contributed by atoms with van der Waals surface area (Å²) in [7, 11) is 0. The summed E-state index contributed by atoms with van der Waals surface area (Å²) in [6, 6.07) is 0.855. The van der Waals surface area contributed by atoms with Crippen LogP contribution in [0.3, 0.4) is 0 Å². The van der Waals surface area contributed by atoms with E-state index in [0.717, 1.165) is 50.5 Å². The molecule has 0 unspecified atom stereocenters. The van der Waals surface area contributed by atoms with Gasteiger partial charge < -0.3 is 15.4 Å². The van der Waals surface area contributed by atoms with Crippen molar-refractivity contribution in [2.45, 2.75) is 37.8 Å². The average Bonchev–Trinajstić information content (AvgIpc) is 2.94. The summed E-state index contributed by atoms with van der Waals surface area (Å²) in [4.78, 5) is 8.97. The molecule has 0 spiro atoms. The maximum Gasteiger partial charge on any atom is 0.145 e. The molecular weight excluding hydrogens is 228 g/mol. The highest BCUT2D eigenvalue weighted by Gasteiger charge is 2.19. The number of nitrogens with one attached hydrogen (secondary N) is 2. The maximum atomic E-state index is 5.36. The van der Waals surface area contributed by atoms with Gasteiger partial charge in [-0.15, -0.1) is 0 Å². The molecule has 2 aliphatic rings. The molecule has 0 aromatic carbocycles. The smallest absolute Gasteiger partial charge is 0.145 e. The fourth-order valence-corrected chi connectivity index (χ4v) is 2.61. The van der Waals surface area contributed by atoms with Crippen molar-refractivity contribution in [2.75, 3.05) is 25.1 Å². The topological polar surface area (TPSA) is 59.1 Å². The van der Waals surface area contributed by atoms with Crippen LogP contribution in [0.1, 0.15) is 37.4 Å². The second-order valence-electron chi connectivity index (χ2n) is 5.01. The maximum absolute atomic E-state index is 5.36. The Balaban J connectivity index is 1.66. The van der Waals surface area contributed by atoms with E-state index in [1.54, 1.807) is 0 Å². The normalized spacial score (nSPS) is 25.2. The summed E-state index contributed by atoms with van der Waals surface area (Å²) in [5, 5.41) is 6.92. The molecule has 3 heterocycles. The number of hydrogen-bond donors (Lipinski definition) is 2. The van der Waals surface area contributed by atoms with Crippen LogP contribution >= 0.6 is 0 Å². The van der Waals surface area contributed by atoms with Gasteiger partial charge in [0, 0.05) is 19.3 Å². The van der Waals surface area contributed by atoms with E-state index in [0.29, 0.717) is 12.1 Å². The number of aromatic nitrogens is 2. The highest BCUT2D eigenvalue weighted by Crippen LogP contribution is 2.22. The van der Waals surface area contributed by atoms with Crippen LogP contribution in [0.5, 0.6) is 0 Å². The average molecular weight is 248 g/mol. The van der Waals surface area contributed by atoms with Crippen LogP contribution in [0.25, 0.3) is 0 Å². The highest BCUT2D eigenvalue weighted by molar-refractivity contribution is 5.34. The van der Waals surface area contributed by atoms with Gasteiger partial charge in [-0.1, -0.05) is 0 Å². The molecule has 1 aromatic heterocycles. The van der Waals surface area contributed by atoms with Crippen molar-refractivity contribution in [3.8, 4) is 0 Å². The Kier molecular flexibility index (Phi) is 3.71. The van der Waals surface area contributed by atoms with Gasteiger partial charge in [0.25, 0.3) is 0 Å². The van der Waals surface area contributed by atoms with Crippen molar-refractivity contribution >= 4 is 5.82 Å². The van der Waals surface area contributed by atoms with Crippen molar-refractivity contribution < 1.29 is 4.74 Å². The molecule has 2 aliphatic heterocycles. The molecular formula is C13H20N4O. The number of ether oxygens (including phenoxy) is 1. The minimum atomic E-state index is 0.383. The van der Waals surface area contributed by atoms with Gasteiger partial charge in [0.2, 0.25) is 0 Å². The van der Waals surface area contributed by atoms with Crippen molar-refractivity contribution in [3.63, 3.8) is 0 Å². The first kappa shape index (κ1) is 11.9. The van der Waals surface area contributed by atoms with Gasteiger partial charge in [-0.3, -0.25) is 4.98 Å². The first-order valence-electron chi connectivity index (χ1n) is 6.81. The molecule has 5 heteroatoms. The van der Waals surface area contributed by atoms with E-state index in [4.69, 9.17) is 4.74 Å². The van der Waals surface area contributed by atoms with Crippen molar-refractivity contribution in [3.05, 3.63) is 18.1 Å². The van der Waals surface area contributed by atoms with E-state index in [2.05, 4.69) is 20.6 Å². The zero-order valence-corrected chi connectivity index (χ0v) is 10.6. The van der Waals surface area contributed by atoms with Crippen LogP contribution in [0.2, 0.25) is 0 Å². The molecule has 2 N–H and O–H groups in total. The predicted molar refractivity (Wildman–Crippen MR) is 69.5 cm³/mol. The van der Waals surface area contributed by atoms with Crippen LogP contribution in [-0.2, 0) is 4.74 Å². The lowest BCUT2D eigenvalue weighted by Crippen LogP contribution is -2.28. The Bertz CT molecular complexity index is 386. The lowest BCUT2D eigenvalue weighted by Gasteiger charge is -2.23. The summed E-state index contributed by atoms with van der Waals surface area (Å²) in [5.41, 5.74) is 1.06. The van der Waals surface area contributed by atoms with Crippen LogP contribution < -0.4 is 10.6 Å². The van der Waals surface area contributed by atoms with Crippen LogP contribution in [0, 0.1) is 0 Å². The molecule has 18 heavy (non-hydrogen) atoms. The van der Waals surface area contributed by atoms with E-state index >= 15 is 0 Å². The molecule has 1 aromatic rings. The molecule has 98 valence electrons. The summed E-state index contributed by atoms with van der Waals surface area (Å²) >= 11 is 0. The zero-order chi connectivity index (χ0) is 12.2. The van der Waals surface area contributed by atoms with E-state index in [1.165, 1.54) is 6.42 Å². The second-order valence-corrected chi connectivity index (χ2v) is 5.01. The van der Waals surface area contributed by atoms with Crippen molar-refractivity contribution in [1.82, 2.24) is 15.3 Å². The summed E-state index contributed by atoms with van der Waals surface area (Å²) in [6.45, 7) is 2.77. The Morgan fingerprint density at radius 1 is 1.22 bits per heavy atom. The van der Waals surface area contributed by atoms with Gasteiger partial charge in [0.15, 0.2) is 0 Å². The number of rotatable bonds is 3. The molecule has 0 bridgehead atoms. The van der Waals surface area contributed by atoms with Gasteiger partial charge in [-0.2, -0.15) is 0 Å². The Hall–Kier alpha value is -1.20. The molecule has 3 rings (SSSR count). The second kappa shape index (κ2) is 5.63. The fourth-order valence-electron chi connectivity index (χ4n) is 2.61. The minimum Gasteiger partial charge on any atom is -0.381 e. The third kappa shape index (κ3) is 2.79. The molecule has 0 aliphatic carbocycles. The van der Waals surface area contributed by atoms with Crippen LogP contribution in [0.15, 0.2) is 12.4 Å². The Morgan fingerprint density at radius 2 is 2.11 bits per heavy atom. The number of hydrogen-bond acceptors (Lipinski definition) is 5. The largest absolute Gasteiger partial charge is 0.381 e. The molecule has 1 atom stereocenters.